The van der Waals surface area contributed by atoms with E-state index in [0.717, 1.165) is 22.5 Å². The van der Waals surface area contributed by atoms with Crippen molar-refractivity contribution >= 4 is 11.6 Å². The number of ether oxygens (including phenoxy) is 1. The lowest BCUT2D eigenvalue weighted by atomic mass is 10.1. The molecular formula is C26H24FN3O2. The summed E-state index contributed by atoms with van der Waals surface area (Å²) in [7, 11) is 0. The number of hydrogen-bond donors (Lipinski definition) is 1. The van der Waals surface area contributed by atoms with E-state index < -0.39 is 0 Å². The first-order chi connectivity index (χ1) is 15.5. The standard InChI is InChI=1S/C26H24FN3O2/c1-18-7-6-8-21(17-18)28-25(31)16-15-24-19(2)29-30(22-13-11-20(27)12-14-22)26(24)32-23-9-4-3-5-10-23/h3-14,17H,15-16H2,1-2H3,(H,28,31). The zero-order valence-electron chi connectivity index (χ0n) is 18.0. The smallest absolute Gasteiger partial charge is 0.226 e. The summed E-state index contributed by atoms with van der Waals surface area (Å²) in [5.41, 5.74) is 4.12. The van der Waals surface area contributed by atoms with Crippen LogP contribution in [0.1, 0.15) is 23.2 Å². The molecule has 0 aliphatic carbocycles. The predicted molar refractivity (Wildman–Crippen MR) is 123 cm³/mol. The van der Waals surface area contributed by atoms with Crippen molar-refractivity contribution in [3.05, 3.63) is 102 Å². The molecular weight excluding hydrogens is 405 g/mol. The fourth-order valence-corrected chi connectivity index (χ4v) is 3.47. The molecule has 4 aromatic rings. The quantitative estimate of drug-likeness (QED) is 0.392. The lowest BCUT2D eigenvalue weighted by molar-refractivity contribution is -0.116. The molecule has 0 unspecified atom stereocenters. The third-order valence-corrected chi connectivity index (χ3v) is 5.07. The van der Waals surface area contributed by atoms with Crippen LogP contribution < -0.4 is 10.1 Å². The van der Waals surface area contributed by atoms with Gasteiger partial charge >= 0.3 is 0 Å². The van der Waals surface area contributed by atoms with Crippen molar-refractivity contribution < 1.29 is 13.9 Å². The normalized spacial score (nSPS) is 10.7. The fraction of sp³-hybridized carbons (Fsp3) is 0.154. The molecule has 4 rings (SSSR count). The van der Waals surface area contributed by atoms with Crippen molar-refractivity contribution in [1.82, 2.24) is 9.78 Å². The third-order valence-electron chi connectivity index (χ3n) is 5.07. The number of para-hydroxylation sites is 1. The van der Waals surface area contributed by atoms with E-state index >= 15 is 0 Å². The largest absolute Gasteiger partial charge is 0.439 e. The van der Waals surface area contributed by atoms with E-state index in [1.165, 1.54) is 12.1 Å². The first-order valence-electron chi connectivity index (χ1n) is 10.4. The third kappa shape index (κ3) is 5.03. The molecule has 0 spiro atoms. The fourth-order valence-electron chi connectivity index (χ4n) is 3.47. The van der Waals surface area contributed by atoms with E-state index in [9.17, 15) is 9.18 Å². The van der Waals surface area contributed by atoms with Gasteiger partial charge in [0.2, 0.25) is 11.8 Å². The van der Waals surface area contributed by atoms with Crippen LogP contribution in [0.2, 0.25) is 0 Å². The first-order valence-corrected chi connectivity index (χ1v) is 10.4. The molecule has 0 bridgehead atoms. The number of carbonyl (C=O) groups excluding carboxylic acids is 1. The van der Waals surface area contributed by atoms with Crippen molar-refractivity contribution in [2.75, 3.05) is 5.32 Å². The van der Waals surface area contributed by atoms with Gasteiger partial charge in [-0.25, -0.2) is 9.07 Å². The van der Waals surface area contributed by atoms with Gasteiger partial charge in [0.25, 0.3) is 0 Å². The van der Waals surface area contributed by atoms with Gasteiger partial charge in [0.15, 0.2) is 0 Å². The summed E-state index contributed by atoms with van der Waals surface area (Å²) < 4.78 is 21.3. The molecule has 0 aliphatic heterocycles. The van der Waals surface area contributed by atoms with Crippen molar-refractivity contribution in [3.63, 3.8) is 0 Å². The maximum Gasteiger partial charge on any atom is 0.226 e. The summed E-state index contributed by atoms with van der Waals surface area (Å²) in [6.45, 7) is 3.86. The van der Waals surface area contributed by atoms with Gasteiger partial charge in [-0.3, -0.25) is 4.79 Å². The molecule has 1 aromatic heterocycles. The van der Waals surface area contributed by atoms with E-state index in [1.807, 2.05) is 68.4 Å². The van der Waals surface area contributed by atoms with Crippen LogP contribution in [-0.2, 0) is 11.2 Å². The number of aromatic nitrogens is 2. The highest BCUT2D eigenvalue weighted by Gasteiger charge is 2.20. The molecule has 0 aliphatic rings. The predicted octanol–water partition coefficient (Wildman–Crippen LogP) is 5.99. The summed E-state index contributed by atoms with van der Waals surface area (Å²) in [5, 5.41) is 7.56. The maximum atomic E-state index is 13.4. The summed E-state index contributed by atoms with van der Waals surface area (Å²) in [5.74, 6) is 0.760. The van der Waals surface area contributed by atoms with Gasteiger partial charge in [-0.05, 0) is 74.4 Å². The Hall–Kier alpha value is -3.93. The molecule has 0 fully saturated rings. The van der Waals surface area contributed by atoms with Crippen molar-refractivity contribution in [2.24, 2.45) is 0 Å². The molecule has 1 amide bonds. The van der Waals surface area contributed by atoms with E-state index in [4.69, 9.17) is 4.74 Å². The van der Waals surface area contributed by atoms with Crippen LogP contribution in [-0.4, -0.2) is 15.7 Å². The van der Waals surface area contributed by atoms with E-state index in [0.29, 0.717) is 23.7 Å². The molecule has 0 atom stereocenters. The van der Waals surface area contributed by atoms with Gasteiger partial charge in [-0.1, -0.05) is 30.3 Å². The van der Waals surface area contributed by atoms with Gasteiger partial charge in [-0.15, -0.1) is 0 Å². The number of rotatable bonds is 7. The molecule has 32 heavy (non-hydrogen) atoms. The zero-order valence-corrected chi connectivity index (χ0v) is 18.0. The molecule has 1 N–H and O–H groups in total. The van der Waals surface area contributed by atoms with Gasteiger partial charge in [0.1, 0.15) is 11.6 Å². The Morgan fingerprint density at radius 1 is 1.00 bits per heavy atom. The number of amides is 1. The highest BCUT2D eigenvalue weighted by atomic mass is 19.1. The van der Waals surface area contributed by atoms with Gasteiger partial charge < -0.3 is 10.1 Å². The van der Waals surface area contributed by atoms with E-state index in [2.05, 4.69) is 10.4 Å². The highest BCUT2D eigenvalue weighted by Crippen LogP contribution is 2.31. The van der Waals surface area contributed by atoms with Crippen LogP contribution in [0.15, 0.2) is 78.9 Å². The number of carbonyl (C=O) groups is 1. The minimum absolute atomic E-state index is 0.0878. The van der Waals surface area contributed by atoms with Crippen LogP contribution in [0.25, 0.3) is 5.69 Å². The second-order valence-electron chi connectivity index (χ2n) is 7.59. The van der Waals surface area contributed by atoms with Crippen LogP contribution in [0, 0.1) is 19.7 Å². The number of aryl methyl sites for hydroxylation is 2. The Balaban J connectivity index is 1.60. The highest BCUT2D eigenvalue weighted by molar-refractivity contribution is 5.90. The Morgan fingerprint density at radius 3 is 2.47 bits per heavy atom. The summed E-state index contributed by atoms with van der Waals surface area (Å²) >= 11 is 0. The summed E-state index contributed by atoms with van der Waals surface area (Å²) in [6, 6.07) is 23.1. The number of anilines is 1. The number of benzene rings is 3. The summed E-state index contributed by atoms with van der Waals surface area (Å²) in [6.07, 6.45) is 0.724. The lowest BCUT2D eigenvalue weighted by Crippen LogP contribution is -2.12. The average molecular weight is 429 g/mol. The van der Waals surface area contributed by atoms with Crippen molar-refractivity contribution in [2.45, 2.75) is 26.7 Å². The minimum atomic E-state index is -0.323. The number of nitrogens with one attached hydrogen (secondary N) is 1. The Morgan fingerprint density at radius 2 is 1.75 bits per heavy atom. The van der Waals surface area contributed by atoms with Crippen LogP contribution in [0.3, 0.4) is 0 Å². The molecule has 6 heteroatoms. The van der Waals surface area contributed by atoms with Gasteiger partial charge in [0, 0.05) is 17.7 Å². The second kappa shape index (κ2) is 9.47. The molecule has 0 radical (unpaired) electrons. The van der Waals surface area contributed by atoms with Crippen molar-refractivity contribution in [1.29, 1.82) is 0 Å². The average Bonchev–Trinajstić information content (AvgIpc) is 3.08. The Labute approximate surface area is 186 Å². The number of halogens is 1. The molecule has 1 heterocycles. The van der Waals surface area contributed by atoms with Gasteiger partial charge in [0.05, 0.1) is 11.4 Å². The number of nitrogens with zero attached hydrogens (tertiary/aromatic N) is 2. The second-order valence-corrected chi connectivity index (χ2v) is 7.59. The maximum absolute atomic E-state index is 13.4. The molecule has 5 nitrogen and oxygen atoms in total. The first kappa shape index (κ1) is 21.3. The minimum Gasteiger partial charge on any atom is -0.439 e. The monoisotopic (exact) mass is 429 g/mol. The van der Waals surface area contributed by atoms with Crippen LogP contribution >= 0.6 is 0 Å². The summed E-state index contributed by atoms with van der Waals surface area (Å²) in [4.78, 5) is 12.6. The van der Waals surface area contributed by atoms with Crippen LogP contribution in [0.5, 0.6) is 11.6 Å². The molecule has 0 saturated carbocycles. The van der Waals surface area contributed by atoms with Crippen LogP contribution in [0.4, 0.5) is 10.1 Å². The topological polar surface area (TPSA) is 56.2 Å². The zero-order chi connectivity index (χ0) is 22.5. The van der Waals surface area contributed by atoms with Gasteiger partial charge in [-0.2, -0.15) is 5.10 Å². The molecule has 162 valence electrons. The van der Waals surface area contributed by atoms with E-state index in [1.54, 1.807) is 16.8 Å². The Kier molecular flexibility index (Phi) is 6.31. The Bertz CT molecular complexity index is 1220. The number of hydrogen-bond acceptors (Lipinski definition) is 3. The van der Waals surface area contributed by atoms with E-state index in [-0.39, 0.29) is 18.1 Å². The van der Waals surface area contributed by atoms with Crippen molar-refractivity contribution in [3.8, 4) is 17.3 Å². The lowest BCUT2D eigenvalue weighted by Gasteiger charge is -2.12. The molecule has 3 aromatic carbocycles. The SMILES string of the molecule is Cc1cccc(NC(=O)CCc2c(C)nn(-c3ccc(F)cc3)c2Oc2ccccc2)c1. The molecule has 0 saturated heterocycles.